The summed E-state index contributed by atoms with van der Waals surface area (Å²) < 4.78 is 0. The summed E-state index contributed by atoms with van der Waals surface area (Å²) >= 11 is 5.80. The molecular weight excluding hydrogens is 238 g/mol. The number of carbonyl (C=O) groups is 1. The summed E-state index contributed by atoms with van der Waals surface area (Å²) in [6, 6.07) is 0. The number of alkyl halides is 1. The van der Waals surface area contributed by atoms with Gasteiger partial charge in [0.05, 0.1) is 17.6 Å². The van der Waals surface area contributed by atoms with Crippen molar-refractivity contribution in [1.29, 1.82) is 0 Å². The highest BCUT2D eigenvalue weighted by molar-refractivity contribution is 6.19. The molecule has 1 fully saturated rings. The first-order chi connectivity index (χ1) is 7.85. The summed E-state index contributed by atoms with van der Waals surface area (Å²) in [5.41, 5.74) is -1.01. The first-order valence-electron chi connectivity index (χ1n) is 6.35. The van der Waals surface area contributed by atoms with E-state index in [4.69, 9.17) is 11.6 Å². The Kier molecular flexibility index (Phi) is 4.85. The van der Waals surface area contributed by atoms with E-state index in [1.165, 1.54) is 6.42 Å². The minimum Gasteiger partial charge on any atom is -0.394 e. The topological polar surface area (TPSA) is 49.3 Å². The van der Waals surface area contributed by atoms with Crippen LogP contribution < -0.4 is 5.32 Å². The summed E-state index contributed by atoms with van der Waals surface area (Å²) in [5.74, 6) is 0.779. The van der Waals surface area contributed by atoms with Gasteiger partial charge in [-0.1, -0.05) is 19.8 Å². The van der Waals surface area contributed by atoms with Crippen molar-refractivity contribution in [2.24, 2.45) is 11.3 Å². The van der Waals surface area contributed by atoms with Crippen LogP contribution >= 0.6 is 11.6 Å². The molecule has 17 heavy (non-hydrogen) atoms. The van der Waals surface area contributed by atoms with Crippen LogP contribution in [0, 0.1) is 11.3 Å². The monoisotopic (exact) mass is 261 g/mol. The molecule has 0 aliphatic heterocycles. The maximum Gasteiger partial charge on any atom is 0.227 e. The molecule has 1 rings (SSSR count). The Labute approximate surface area is 109 Å². The number of amides is 1. The fourth-order valence-electron chi connectivity index (χ4n) is 2.43. The number of aliphatic hydroxyl groups excluding tert-OH is 1. The molecule has 1 aliphatic carbocycles. The summed E-state index contributed by atoms with van der Waals surface area (Å²) in [6.07, 6.45) is 3.95. The van der Waals surface area contributed by atoms with Gasteiger partial charge in [0.15, 0.2) is 0 Å². The molecule has 1 amide bonds. The number of hydrogen-bond donors (Lipinski definition) is 2. The highest BCUT2D eigenvalue weighted by Crippen LogP contribution is 2.33. The second-order valence-electron chi connectivity index (χ2n) is 6.11. The number of carbonyl (C=O) groups excluding carboxylic acids is 1. The van der Waals surface area contributed by atoms with E-state index in [-0.39, 0.29) is 18.4 Å². The fraction of sp³-hybridized carbons (Fsp3) is 0.923. The molecule has 0 aromatic rings. The molecule has 4 heteroatoms. The molecule has 1 aliphatic rings. The molecule has 2 atom stereocenters. The second kappa shape index (κ2) is 5.57. The molecule has 1 saturated carbocycles. The van der Waals surface area contributed by atoms with Crippen molar-refractivity contribution in [1.82, 2.24) is 5.32 Å². The van der Waals surface area contributed by atoms with E-state index < -0.39 is 11.0 Å². The van der Waals surface area contributed by atoms with Crippen molar-refractivity contribution < 1.29 is 9.90 Å². The third kappa shape index (κ3) is 3.59. The molecular formula is C13H24ClNO2. The Balaban J connectivity index is 2.72. The van der Waals surface area contributed by atoms with Crippen LogP contribution in [0.1, 0.15) is 46.5 Å². The van der Waals surface area contributed by atoms with Crippen LogP contribution in [0.4, 0.5) is 0 Å². The standard InChI is InChI=1S/C13H24ClNO2/c1-10-5-4-6-13(7-10,9-16)15-11(17)12(2,3)8-14/h10,16H,4-9H2,1-3H3,(H,15,17). The van der Waals surface area contributed by atoms with Crippen molar-refractivity contribution >= 4 is 17.5 Å². The minimum atomic E-state index is -0.579. The first-order valence-corrected chi connectivity index (χ1v) is 6.88. The number of halogens is 1. The van der Waals surface area contributed by atoms with Crippen LogP contribution in [-0.4, -0.2) is 29.0 Å². The van der Waals surface area contributed by atoms with E-state index in [0.717, 1.165) is 19.3 Å². The van der Waals surface area contributed by atoms with Crippen LogP contribution in [0.25, 0.3) is 0 Å². The molecule has 0 spiro atoms. The molecule has 2 unspecified atom stereocenters. The van der Waals surface area contributed by atoms with Crippen molar-refractivity contribution in [2.45, 2.75) is 52.0 Å². The average Bonchev–Trinajstić information content (AvgIpc) is 2.29. The molecule has 0 aromatic heterocycles. The van der Waals surface area contributed by atoms with E-state index in [2.05, 4.69) is 12.2 Å². The van der Waals surface area contributed by atoms with E-state index in [9.17, 15) is 9.90 Å². The van der Waals surface area contributed by atoms with Gasteiger partial charge in [0.1, 0.15) is 0 Å². The molecule has 2 N–H and O–H groups in total. The molecule has 0 bridgehead atoms. The lowest BCUT2D eigenvalue weighted by atomic mass is 9.76. The van der Waals surface area contributed by atoms with E-state index in [0.29, 0.717) is 5.92 Å². The quantitative estimate of drug-likeness (QED) is 0.763. The lowest BCUT2D eigenvalue weighted by Gasteiger charge is -2.41. The van der Waals surface area contributed by atoms with Gasteiger partial charge in [0.2, 0.25) is 5.91 Å². The molecule has 0 radical (unpaired) electrons. The second-order valence-corrected chi connectivity index (χ2v) is 6.38. The highest BCUT2D eigenvalue weighted by atomic mass is 35.5. The highest BCUT2D eigenvalue weighted by Gasteiger charge is 2.39. The summed E-state index contributed by atoms with van der Waals surface area (Å²) in [6.45, 7) is 5.84. The smallest absolute Gasteiger partial charge is 0.227 e. The Morgan fingerprint density at radius 1 is 1.59 bits per heavy atom. The normalized spacial score (nSPS) is 30.1. The van der Waals surface area contributed by atoms with Crippen molar-refractivity contribution in [3.05, 3.63) is 0 Å². The lowest BCUT2D eigenvalue weighted by Crippen LogP contribution is -2.57. The van der Waals surface area contributed by atoms with E-state index >= 15 is 0 Å². The largest absolute Gasteiger partial charge is 0.394 e. The average molecular weight is 262 g/mol. The molecule has 3 nitrogen and oxygen atoms in total. The Morgan fingerprint density at radius 3 is 2.71 bits per heavy atom. The van der Waals surface area contributed by atoms with Gasteiger partial charge in [-0.3, -0.25) is 4.79 Å². The first kappa shape index (κ1) is 14.8. The maximum atomic E-state index is 12.1. The van der Waals surface area contributed by atoms with Gasteiger partial charge in [0.25, 0.3) is 0 Å². The zero-order valence-corrected chi connectivity index (χ0v) is 11.8. The Morgan fingerprint density at radius 2 is 2.24 bits per heavy atom. The SMILES string of the molecule is CC1CCCC(CO)(NC(=O)C(C)(C)CCl)C1. The van der Waals surface area contributed by atoms with Crippen molar-refractivity contribution in [3.63, 3.8) is 0 Å². The van der Waals surface area contributed by atoms with Crippen LogP contribution in [0.2, 0.25) is 0 Å². The lowest BCUT2D eigenvalue weighted by molar-refractivity contribution is -0.131. The number of hydrogen-bond acceptors (Lipinski definition) is 2. The summed E-state index contributed by atoms with van der Waals surface area (Å²) in [5, 5.41) is 12.6. The molecule has 0 heterocycles. The zero-order valence-electron chi connectivity index (χ0n) is 11.1. The van der Waals surface area contributed by atoms with Gasteiger partial charge < -0.3 is 10.4 Å². The van der Waals surface area contributed by atoms with Crippen molar-refractivity contribution in [2.75, 3.05) is 12.5 Å². The molecule has 0 saturated heterocycles. The molecule has 100 valence electrons. The van der Waals surface area contributed by atoms with Crippen molar-refractivity contribution in [3.8, 4) is 0 Å². The zero-order chi connectivity index (χ0) is 13.1. The van der Waals surface area contributed by atoms with Gasteiger partial charge in [-0.15, -0.1) is 11.6 Å². The van der Waals surface area contributed by atoms with E-state index in [1.54, 1.807) is 0 Å². The van der Waals surface area contributed by atoms with E-state index in [1.807, 2.05) is 13.8 Å². The minimum absolute atomic E-state index is 0.0153. The summed E-state index contributed by atoms with van der Waals surface area (Å²) in [7, 11) is 0. The number of rotatable bonds is 4. The maximum absolute atomic E-state index is 12.1. The molecule has 0 aromatic carbocycles. The Bertz CT molecular complexity index is 281. The number of nitrogens with one attached hydrogen (secondary N) is 1. The third-order valence-corrected chi connectivity index (χ3v) is 4.39. The van der Waals surface area contributed by atoms with Gasteiger partial charge >= 0.3 is 0 Å². The number of aliphatic hydroxyl groups is 1. The summed E-state index contributed by atoms with van der Waals surface area (Å²) in [4.78, 5) is 12.1. The predicted molar refractivity (Wildman–Crippen MR) is 70.1 cm³/mol. The van der Waals surface area contributed by atoms with Gasteiger partial charge in [-0.25, -0.2) is 0 Å². The van der Waals surface area contributed by atoms with Gasteiger partial charge in [0, 0.05) is 5.88 Å². The van der Waals surface area contributed by atoms with Crippen LogP contribution in [0.15, 0.2) is 0 Å². The van der Waals surface area contributed by atoms with Gasteiger partial charge in [-0.2, -0.15) is 0 Å². The predicted octanol–water partition coefficient (Wildman–Crippen LogP) is 2.31. The van der Waals surface area contributed by atoms with Crippen LogP contribution in [-0.2, 0) is 4.79 Å². The van der Waals surface area contributed by atoms with Gasteiger partial charge in [-0.05, 0) is 32.6 Å². The fourth-order valence-corrected chi connectivity index (χ4v) is 2.55. The van der Waals surface area contributed by atoms with Crippen LogP contribution in [0.3, 0.4) is 0 Å². The van der Waals surface area contributed by atoms with Crippen LogP contribution in [0.5, 0.6) is 0 Å². The third-order valence-electron chi connectivity index (χ3n) is 3.72. The Hall–Kier alpha value is -0.280.